The highest BCUT2D eigenvalue weighted by molar-refractivity contribution is 5.89. The van der Waals surface area contributed by atoms with Crippen LogP contribution in [0.4, 0.5) is 10.5 Å². The molecular formula is C13H21N3O2. The second kappa shape index (κ2) is 9.44. The van der Waals surface area contributed by atoms with Gasteiger partial charge in [0.1, 0.15) is 0 Å². The van der Waals surface area contributed by atoms with Crippen molar-refractivity contribution in [1.82, 2.24) is 5.32 Å². The lowest BCUT2D eigenvalue weighted by atomic mass is 10.3. The van der Waals surface area contributed by atoms with Crippen LogP contribution < -0.4 is 16.4 Å². The van der Waals surface area contributed by atoms with Crippen LogP contribution in [0.5, 0.6) is 0 Å². The van der Waals surface area contributed by atoms with Gasteiger partial charge in [0.05, 0.1) is 0 Å². The van der Waals surface area contributed by atoms with E-state index in [1.807, 2.05) is 30.3 Å². The number of carbonyl (C=O) groups is 1. The summed E-state index contributed by atoms with van der Waals surface area (Å²) in [5, 5.41) is 5.51. The SMILES string of the molecule is NCCCOCCCNC(=O)Nc1ccccc1. The number of amides is 2. The van der Waals surface area contributed by atoms with Crippen molar-refractivity contribution in [1.29, 1.82) is 0 Å². The third-order valence-electron chi connectivity index (χ3n) is 2.28. The normalized spacial score (nSPS) is 10.1. The molecule has 0 aliphatic rings. The Morgan fingerprint density at radius 2 is 1.89 bits per heavy atom. The predicted octanol–water partition coefficient (Wildman–Crippen LogP) is 1.56. The minimum Gasteiger partial charge on any atom is -0.381 e. The summed E-state index contributed by atoms with van der Waals surface area (Å²) in [5.41, 5.74) is 6.12. The number of nitrogens with one attached hydrogen (secondary N) is 2. The first kappa shape index (κ1) is 14.5. The highest BCUT2D eigenvalue weighted by Crippen LogP contribution is 2.03. The third kappa shape index (κ3) is 6.88. The van der Waals surface area contributed by atoms with Crippen LogP contribution in [0.1, 0.15) is 12.8 Å². The quantitative estimate of drug-likeness (QED) is 0.614. The van der Waals surface area contributed by atoms with Gasteiger partial charge in [-0.05, 0) is 31.5 Å². The van der Waals surface area contributed by atoms with E-state index in [9.17, 15) is 4.79 Å². The van der Waals surface area contributed by atoms with Crippen LogP contribution in [-0.2, 0) is 4.74 Å². The first-order valence-electron chi connectivity index (χ1n) is 6.20. The number of rotatable bonds is 8. The van der Waals surface area contributed by atoms with Crippen LogP contribution in [0.3, 0.4) is 0 Å². The Bertz CT molecular complexity index is 330. The summed E-state index contributed by atoms with van der Waals surface area (Å²) in [6.07, 6.45) is 1.68. The number of benzene rings is 1. The molecule has 0 radical (unpaired) electrons. The highest BCUT2D eigenvalue weighted by atomic mass is 16.5. The van der Waals surface area contributed by atoms with E-state index in [4.69, 9.17) is 10.5 Å². The molecule has 0 unspecified atom stereocenters. The van der Waals surface area contributed by atoms with Crippen molar-refractivity contribution < 1.29 is 9.53 Å². The molecule has 18 heavy (non-hydrogen) atoms. The second-order valence-corrected chi connectivity index (χ2v) is 3.86. The molecule has 1 aromatic carbocycles. The molecule has 0 atom stereocenters. The molecule has 0 aromatic heterocycles. The molecule has 5 nitrogen and oxygen atoms in total. The zero-order chi connectivity index (χ0) is 13.1. The number of carbonyl (C=O) groups excluding carboxylic acids is 1. The predicted molar refractivity (Wildman–Crippen MR) is 72.6 cm³/mol. The average molecular weight is 251 g/mol. The van der Waals surface area contributed by atoms with Crippen LogP contribution in [0, 0.1) is 0 Å². The van der Waals surface area contributed by atoms with Crippen molar-refractivity contribution in [2.45, 2.75) is 12.8 Å². The van der Waals surface area contributed by atoms with E-state index in [1.165, 1.54) is 0 Å². The van der Waals surface area contributed by atoms with Crippen LogP contribution in [0.25, 0.3) is 0 Å². The fourth-order valence-corrected chi connectivity index (χ4v) is 1.36. The topological polar surface area (TPSA) is 76.4 Å². The van der Waals surface area contributed by atoms with Gasteiger partial charge in [0.2, 0.25) is 0 Å². The first-order chi connectivity index (χ1) is 8.83. The van der Waals surface area contributed by atoms with Gasteiger partial charge in [-0.1, -0.05) is 18.2 Å². The summed E-state index contributed by atoms with van der Waals surface area (Å²) in [7, 11) is 0. The zero-order valence-electron chi connectivity index (χ0n) is 10.5. The Kier molecular flexibility index (Phi) is 7.59. The summed E-state index contributed by atoms with van der Waals surface area (Å²) < 4.78 is 5.32. The molecule has 0 aliphatic carbocycles. The lowest BCUT2D eigenvalue weighted by Gasteiger charge is -2.07. The molecule has 1 rings (SSSR count). The molecular weight excluding hydrogens is 230 g/mol. The fourth-order valence-electron chi connectivity index (χ4n) is 1.36. The minimum atomic E-state index is -0.192. The van der Waals surface area contributed by atoms with Crippen molar-refractivity contribution >= 4 is 11.7 Å². The Morgan fingerprint density at radius 1 is 1.17 bits per heavy atom. The van der Waals surface area contributed by atoms with Gasteiger partial charge in [-0.25, -0.2) is 4.79 Å². The standard InChI is InChI=1S/C13H21N3O2/c14-8-4-10-18-11-5-9-15-13(17)16-12-6-2-1-3-7-12/h1-3,6-7H,4-5,8-11,14H2,(H2,15,16,17). The van der Waals surface area contributed by atoms with E-state index in [1.54, 1.807) is 0 Å². The van der Waals surface area contributed by atoms with Gasteiger partial charge >= 0.3 is 6.03 Å². The van der Waals surface area contributed by atoms with E-state index in [0.717, 1.165) is 18.5 Å². The van der Waals surface area contributed by atoms with E-state index in [2.05, 4.69) is 10.6 Å². The number of nitrogens with two attached hydrogens (primary N) is 1. The van der Waals surface area contributed by atoms with E-state index in [-0.39, 0.29) is 6.03 Å². The van der Waals surface area contributed by atoms with Gasteiger partial charge in [-0.3, -0.25) is 0 Å². The number of urea groups is 1. The van der Waals surface area contributed by atoms with Crippen LogP contribution in [-0.4, -0.2) is 32.3 Å². The van der Waals surface area contributed by atoms with E-state index >= 15 is 0 Å². The van der Waals surface area contributed by atoms with Gasteiger partial charge < -0.3 is 21.1 Å². The molecule has 0 saturated heterocycles. The van der Waals surface area contributed by atoms with Gasteiger partial charge in [0.25, 0.3) is 0 Å². The summed E-state index contributed by atoms with van der Waals surface area (Å²) in [5.74, 6) is 0. The first-order valence-corrected chi connectivity index (χ1v) is 6.20. The summed E-state index contributed by atoms with van der Waals surface area (Å²) in [6.45, 7) is 2.58. The van der Waals surface area contributed by atoms with Gasteiger partial charge in [0.15, 0.2) is 0 Å². The Morgan fingerprint density at radius 3 is 2.61 bits per heavy atom. The maximum Gasteiger partial charge on any atom is 0.319 e. The van der Waals surface area contributed by atoms with Gasteiger partial charge in [-0.2, -0.15) is 0 Å². The van der Waals surface area contributed by atoms with E-state index in [0.29, 0.717) is 26.3 Å². The van der Waals surface area contributed by atoms with Crippen molar-refractivity contribution in [3.05, 3.63) is 30.3 Å². The lowest BCUT2D eigenvalue weighted by molar-refractivity contribution is 0.131. The van der Waals surface area contributed by atoms with Crippen LogP contribution >= 0.6 is 0 Å². The summed E-state index contributed by atoms with van der Waals surface area (Å²) >= 11 is 0. The smallest absolute Gasteiger partial charge is 0.319 e. The van der Waals surface area contributed by atoms with Crippen molar-refractivity contribution in [2.24, 2.45) is 5.73 Å². The summed E-state index contributed by atoms with van der Waals surface area (Å²) in [4.78, 5) is 11.5. The number of hydrogen-bond acceptors (Lipinski definition) is 3. The molecule has 0 heterocycles. The molecule has 0 fully saturated rings. The number of para-hydroxylation sites is 1. The lowest BCUT2D eigenvalue weighted by Crippen LogP contribution is -2.30. The van der Waals surface area contributed by atoms with Crippen LogP contribution in [0.2, 0.25) is 0 Å². The van der Waals surface area contributed by atoms with Crippen molar-refractivity contribution in [2.75, 3.05) is 31.6 Å². The number of hydrogen-bond donors (Lipinski definition) is 3. The Labute approximate surface area is 108 Å². The molecule has 0 bridgehead atoms. The second-order valence-electron chi connectivity index (χ2n) is 3.86. The monoisotopic (exact) mass is 251 g/mol. The van der Waals surface area contributed by atoms with Gasteiger partial charge in [0, 0.05) is 25.4 Å². The van der Waals surface area contributed by atoms with Gasteiger partial charge in [-0.15, -0.1) is 0 Å². The van der Waals surface area contributed by atoms with Crippen LogP contribution in [0.15, 0.2) is 30.3 Å². The van der Waals surface area contributed by atoms with Crippen molar-refractivity contribution in [3.8, 4) is 0 Å². The number of anilines is 1. The molecule has 0 saturated carbocycles. The average Bonchev–Trinajstić information content (AvgIpc) is 2.39. The molecule has 2 amide bonds. The maximum atomic E-state index is 11.5. The minimum absolute atomic E-state index is 0.192. The maximum absolute atomic E-state index is 11.5. The molecule has 0 aliphatic heterocycles. The summed E-state index contributed by atoms with van der Waals surface area (Å²) in [6, 6.07) is 9.15. The molecule has 1 aromatic rings. The third-order valence-corrected chi connectivity index (χ3v) is 2.28. The Hall–Kier alpha value is -1.59. The Balaban J connectivity index is 2.00. The molecule has 0 spiro atoms. The molecule has 100 valence electrons. The largest absolute Gasteiger partial charge is 0.381 e. The molecule has 4 N–H and O–H groups in total. The number of ether oxygens (including phenoxy) is 1. The highest BCUT2D eigenvalue weighted by Gasteiger charge is 1.99. The zero-order valence-corrected chi connectivity index (χ0v) is 10.5. The molecule has 5 heteroatoms. The fraction of sp³-hybridized carbons (Fsp3) is 0.462. The van der Waals surface area contributed by atoms with E-state index < -0.39 is 0 Å². The van der Waals surface area contributed by atoms with Crippen molar-refractivity contribution in [3.63, 3.8) is 0 Å².